The largest absolute Gasteiger partial charge is 0.484 e. The van der Waals surface area contributed by atoms with E-state index in [0.29, 0.717) is 37.6 Å². The van der Waals surface area contributed by atoms with E-state index in [4.69, 9.17) is 4.74 Å². The fourth-order valence-electron chi connectivity index (χ4n) is 2.77. The van der Waals surface area contributed by atoms with E-state index in [1.54, 1.807) is 34.2 Å². The van der Waals surface area contributed by atoms with Crippen molar-refractivity contribution < 1.29 is 14.3 Å². The van der Waals surface area contributed by atoms with Gasteiger partial charge in [0.1, 0.15) is 11.4 Å². The van der Waals surface area contributed by atoms with Gasteiger partial charge in [0.2, 0.25) is 0 Å². The van der Waals surface area contributed by atoms with Gasteiger partial charge in [-0.15, -0.1) is 0 Å². The van der Waals surface area contributed by atoms with Gasteiger partial charge in [-0.05, 0) is 30.7 Å². The van der Waals surface area contributed by atoms with Crippen LogP contribution in [-0.4, -0.2) is 59.4 Å². The number of hydrogen-bond donors (Lipinski definition) is 0. The normalized spacial score (nSPS) is 14.7. The number of aromatic nitrogens is 1. The number of hydrogen-bond acceptors (Lipinski definition) is 4. The maximum atomic E-state index is 12.5. The Hall–Kier alpha value is -2.89. The van der Waals surface area contributed by atoms with Crippen LogP contribution in [0.1, 0.15) is 16.9 Å². The number of carbonyl (C=O) groups excluding carboxylic acids is 2. The van der Waals surface area contributed by atoms with Gasteiger partial charge in [0, 0.05) is 32.4 Å². The summed E-state index contributed by atoms with van der Waals surface area (Å²) in [6, 6.07) is 14.6. The molecule has 6 nitrogen and oxygen atoms in total. The molecule has 1 aromatic carbocycles. The molecule has 0 bridgehead atoms. The van der Waals surface area contributed by atoms with E-state index in [2.05, 4.69) is 4.98 Å². The van der Waals surface area contributed by atoms with Crippen LogP contribution in [0.3, 0.4) is 0 Å². The molecule has 0 saturated carbocycles. The second kappa shape index (κ2) is 8.28. The number of rotatable bonds is 4. The zero-order valence-corrected chi connectivity index (χ0v) is 14.0. The lowest BCUT2D eigenvalue weighted by molar-refractivity contribution is -0.133. The summed E-state index contributed by atoms with van der Waals surface area (Å²) in [6.07, 6.45) is 2.36. The van der Waals surface area contributed by atoms with Crippen LogP contribution >= 0.6 is 0 Å². The molecular weight excluding hydrogens is 318 g/mol. The Kier molecular flexibility index (Phi) is 5.61. The molecule has 0 spiro atoms. The summed E-state index contributed by atoms with van der Waals surface area (Å²) in [5.41, 5.74) is 0.440. The molecule has 0 aliphatic carbocycles. The van der Waals surface area contributed by atoms with Crippen LogP contribution in [0.2, 0.25) is 0 Å². The molecule has 130 valence electrons. The number of para-hydroxylation sites is 1. The summed E-state index contributed by atoms with van der Waals surface area (Å²) in [7, 11) is 0. The quantitative estimate of drug-likeness (QED) is 0.853. The van der Waals surface area contributed by atoms with Crippen molar-refractivity contribution in [3.63, 3.8) is 0 Å². The summed E-state index contributed by atoms with van der Waals surface area (Å²) < 4.78 is 5.52. The first-order valence-corrected chi connectivity index (χ1v) is 8.40. The van der Waals surface area contributed by atoms with Crippen LogP contribution in [0.5, 0.6) is 5.75 Å². The Morgan fingerprint density at radius 3 is 2.40 bits per heavy atom. The van der Waals surface area contributed by atoms with E-state index in [1.807, 2.05) is 30.3 Å². The van der Waals surface area contributed by atoms with Crippen LogP contribution in [-0.2, 0) is 4.79 Å². The highest BCUT2D eigenvalue weighted by Crippen LogP contribution is 2.10. The molecule has 1 fully saturated rings. The summed E-state index contributed by atoms with van der Waals surface area (Å²) in [5, 5.41) is 0. The van der Waals surface area contributed by atoms with Crippen LogP contribution in [0.25, 0.3) is 0 Å². The minimum absolute atomic E-state index is 0.0121. The smallest absolute Gasteiger partial charge is 0.272 e. The predicted octanol–water partition coefficient (Wildman–Crippen LogP) is 1.84. The lowest BCUT2D eigenvalue weighted by Gasteiger charge is -2.22. The molecule has 0 atom stereocenters. The molecule has 1 aliphatic heterocycles. The number of pyridine rings is 1. The van der Waals surface area contributed by atoms with Crippen molar-refractivity contribution in [1.29, 1.82) is 0 Å². The molecule has 6 heteroatoms. The molecule has 2 heterocycles. The summed E-state index contributed by atoms with van der Waals surface area (Å²) >= 11 is 0. The first-order chi connectivity index (χ1) is 12.2. The zero-order valence-electron chi connectivity index (χ0n) is 14.0. The monoisotopic (exact) mass is 339 g/mol. The summed E-state index contributed by atoms with van der Waals surface area (Å²) in [5.74, 6) is 0.532. The van der Waals surface area contributed by atoms with Crippen molar-refractivity contribution in [2.45, 2.75) is 6.42 Å². The second-order valence-electron chi connectivity index (χ2n) is 5.84. The number of ether oxygens (including phenoxy) is 1. The Bertz CT molecular complexity index is 706. The first-order valence-electron chi connectivity index (χ1n) is 8.40. The molecule has 2 aromatic rings. The van der Waals surface area contributed by atoms with Crippen molar-refractivity contribution in [2.24, 2.45) is 0 Å². The Morgan fingerprint density at radius 1 is 0.920 bits per heavy atom. The van der Waals surface area contributed by atoms with Gasteiger partial charge in [-0.1, -0.05) is 24.3 Å². The Labute approximate surface area is 147 Å². The molecule has 0 unspecified atom stereocenters. The van der Waals surface area contributed by atoms with Crippen LogP contribution < -0.4 is 4.74 Å². The fraction of sp³-hybridized carbons (Fsp3) is 0.316. The van der Waals surface area contributed by atoms with Gasteiger partial charge >= 0.3 is 0 Å². The van der Waals surface area contributed by atoms with Crippen molar-refractivity contribution in [3.8, 4) is 5.75 Å². The Balaban J connectivity index is 1.52. The second-order valence-corrected chi connectivity index (χ2v) is 5.84. The van der Waals surface area contributed by atoms with Crippen LogP contribution in [0.4, 0.5) is 0 Å². The van der Waals surface area contributed by atoms with Gasteiger partial charge in [0.25, 0.3) is 11.8 Å². The molecule has 1 saturated heterocycles. The summed E-state index contributed by atoms with van der Waals surface area (Å²) in [4.78, 5) is 32.5. The van der Waals surface area contributed by atoms with Crippen molar-refractivity contribution in [3.05, 3.63) is 60.4 Å². The SMILES string of the molecule is O=C(COc1ccccc1)N1CCCN(C(=O)c2ccccn2)CC1. The van der Waals surface area contributed by atoms with E-state index >= 15 is 0 Å². The van der Waals surface area contributed by atoms with E-state index in [-0.39, 0.29) is 18.4 Å². The van der Waals surface area contributed by atoms with Gasteiger partial charge in [-0.2, -0.15) is 0 Å². The molecular formula is C19H21N3O3. The van der Waals surface area contributed by atoms with Crippen LogP contribution in [0.15, 0.2) is 54.7 Å². The molecule has 0 N–H and O–H groups in total. The maximum Gasteiger partial charge on any atom is 0.272 e. The van der Waals surface area contributed by atoms with Crippen LogP contribution in [0, 0.1) is 0 Å². The third-order valence-corrected chi connectivity index (χ3v) is 4.13. The van der Waals surface area contributed by atoms with Gasteiger partial charge in [-0.25, -0.2) is 0 Å². The molecule has 1 aromatic heterocycles. The van der Waals surface area contributed by atoms with E-state index in [9.17, 15) is 9.59 Å². The summed E-state index contributed by atoms with van der Waals surface area (Å²) in [6.45, 7) is 2.28. The number of nitrogens with zero attached hydrogens (tertiary/aromatic N) is 3. The molecule has 3 rings (SSSR count). The minimum Gasteiger partial charge on any atom is -0.484 e. The van der Waals surface area contributed by atoms with Gasteiger partial charge < -0.3 is 14.5 Å². The van der Waals surface area contributed by atoms with E-state index < -0.39 is 0 Å². The molecule has 1 aliphatic rings. The highest BCUT2D eigenvalue weighted by molar-refractivity contribution is 5.92. The molecule has 25 heavy (non-hydrogen) atoms. The zero-order chi connectivity index (χ0) is 17.5. The topological polar surface area (TPSA) is 62.7 Å². The lowest BCUT2D eigenvalue weighted by atomic mass is 10.3. The van der Waals surface area contributed by atoms with E-state index in [1.165, 1.54) is 0 Å². The fourth-order valence-corrected chi connectivity index (χ4v) is 2.77. The number of benzene rings is 1. The van der Waals surface area contributed by atoms with Crippen molar-refractivity contribution >= 4 is 11.8 Å². The molecule has 2 amide bonds. The number of amides is 2. The highest BCUT2D eigenvalue weighted by Gasteiger charge is 2.23. The standard InChI is InChI=1S/C19H21N3O3/c23-18(15-25-16-7-2-1-3-8-16)21-11-6-12-22(14-13-21)19(24)17-9-4-5-10-20-17/h1-5,7-10H,6,11-15H2. The highest BCUT2D eigenvalue weighted by atomic mass is 16.5. The van der Waals surface area contributed by atoms with Crippen molar-refractivity contribution in [2.75, 3.05) is 32.8 Å². The predicted molar refractivity (Wildman–Crippen MR) is 93.3 cm³/mol. The van der Waals surface area contributed by atoms with Crippen molar-refractivity contribution in [1.82, 2.24) is 14.8 Å². The van der Waals surface area contributed by atoms with Gasteiger partial charge in [0.15, 0.2) is 6.61 Å². The third-order valence-electron chi connectivity index (χ3n) is 4.13. The number of carbonyl (C=O) groups is 2. The average Bonchev–Trinajstić information content (AvgIpc) is 2.93. The average molecular weight is 339 g/mol. The Morgan fingerprint density at radius 2 is 1.64 bits per heavy atom. The lowest BCUT2D eigenvalue weighted by Crippen LogP contribution is -2.39. The third kappa shape index (κ3) is 4.56. The van der Waals surface area contributed by atoms with Gasteiger partial charge in [-0.3, -0.25) is 14.6 Å². The maximum absolute atomic E-state index is 12.5. The molecule has 0 radical (unpaired) electrons. The van der Waals surface area contributed by atoms with E-state index in [0.717, 1.165) is 6.42 Å². The first kappa shape index (κ1) is 17.0. The minimum atomic E-state index is -0.0876. The van der Waals surface area contributed by atoms with Gasteiger partial charge in [0.05, 0.1) is 0 Å².